The van der Waals surface area contributed by atoms with E-state index < -0.39 is 23.7 Å². The third kappa shape index (κ3) is 3.65. The molecule has 0 saturated heterocycles. The van der Waals surface area contributed by atoms with Crippen LogP contribution in [-0.2, 0) is 6.18 Å². The maximum absolute atomic E-state index is 12.7. The number of guanidine groups is 1. The van der Waals surface area contributed by atoms with Crippen LogP contribution in [-0.4, -0.2) is 12.0 Å². The Balaban J connectivity index is 3.21. The van der Waals surface area contributed by atoms with Gasteiger partial charge in [0, 0.05) is 0 Å². The summed E-state index contributed by atoms with van der Waals surface area (Å²) in [4.78, 5) is 13.9. The van der Waals surface area contributed by atoms with Crippen molar-refractivity contribution >= 4 is 17.7 Å². The highest BCUT2D eigenvalue weighted by Gasteiger charge is 2.33. The molecule has 0 spiro atoms. The summed E-state index contributed by atoms with van der Waals surface area (Å²) in [5, 5.41) is 1.88. The fourth-order valence-electron chi connectivity index (χ4n) is 1.26. The van der Waals surface area contributed by atoms with Gasteiger partial charge in [-0.25, -0.2) is 9.79 Å². The first-order valence-electron chi connectivity index (χ1n) is 4.78. The number of carbonyl (C=O) groups excluding carboxylic acids is 1. The van der Waals surface area contributed by atoms with E-state index in [1.54, 1.807) is 0 Å². The number of nitrogens with one attached hydrogen (secondary N) is 1. The average Bonchev–Trinajstić information content (AvgIpc) is 2.17. The molecular formula is C10H11F3N4O. The molecule has 0 aliphatic carbocycles. The van der Waals surface area contributed by atoms with E-state index in [4.69, 9.17) is 11.5 Å². The van der Waals surface area contributed by atoms with E-state index in [1.807, 2.05) is 5.32 Å². The van der Waals surface area contributed by atoms with E-state index in [9.17, 15) is 18.0 Å². The van der Waals surface area contributed by atoms with Gasteiger partial charge in [0.1, 0.15) is 0 Å². The second kappa shape index (κ2) is 4.94. The highest BCUT2D eigenvalue weighted by Crippen LogP contribution is 2.36. The van der Waals surface area contributed by atoms with Gasteiger partial charge < -0.3 is 11.5 Å². The molecule has 18 heavy (non-hydrogen) atoms. The van der Waals surface area contributed by atoms with Crippen LogP contribution in [0.1, 0.15) is 11.1 Å². The molecule has 0 bridgehead atoms. The molecule has 98 valence electrons. The normalized spacial score (nSPS) is 12.3. The maximum atomic E-state index is 12.7. The quantitative estimate of drug-likeness (QED) is 0.528. The number of nitrogens with two attached hydrogens (primary N) is 2. The topological polar surface area (TPSA) is 93.5 Å². The van der Waals surface area contributed by atoms with Gasteiger partial charge in [0.15, 0.2) is 0 Å². The van der Waals surface area contributed by atoms with Crippen LogP contribution in [0.4, 0.5) is 23.7 Å². The summed E-state index contributed by atoms with van der Waals surface area (Å²) in [6.07, 6.45) is -4.56. The minimum Gasteiger partial charge on any atom is -0.369 e. The van der Waals surface area contributed by atoms with Crippen molar-refractivity contribution in [2.75, 3.05) is 0 Å². The molecule has 5 nitrogen and oxygen atoms in total. The maximum Gasteiger partial charge on any atom is 0.418 e. The number of aliphatic imine (C=N–C) groups is 1. The molecule has 0 heterocycles. The van der Waals surface area contributed by atoms with Gasteiger partial charge >= 0.3 is 12.2 Å². The SMILES string of the molecule is Cc1ccc(N=C(N)NC(N)=O)c(C(F)(F)F)c1. The molecule has 0 aromatic heterocycles. The van der Waals surface area contributed by atoms with Gasteiger partial charge in [-0.1, -0.05) is 11.6 Å². The van der Waals surface area contributed by atoms with Crippen molar-refractivity contribution in [1.29, 1.82) is 0 Å². The molecule has 1 aromatic rings. The summed E-state index contributed by atoms with van der Waals surface area (Å²) in [7, 11) is 0. The molecule has 0 aliphatic rings. The number of halogens is 3. The van der Waals surface area contributed by atoms with Crippen LogP contribution < -0.4 is 16.8 Å². The molecule has 1 aromatic carbocycles. The highest BCUT2D eigenvalue weighted by molar-refractivity contribution is 5.95. The Hall–Kier alpha value is -2.25. The second-order valence-electron chi connectivity index (χ2n) is 3.50. The molecule has 5 N–H and O–H groups in total. The number of nitrogens with zero attached hydrogens (tertiary/aromatic N) is 1. The predicted octanol–water partition coefficient (Wildman–Crippen LogP) is 1.63. The Morgan fingerprint density at radius 2 is 1.94 bits per heavy atom. The lowest BCUT2D eigenvalue weighted by molar-refractivity contribution is -0.137. The average molecular weight is 260 g/mol. The molecule has 0 atom stereocenters. The summed E-state index contributed by atoms with van der Waals surface area (Å²) in [5.74, 6) is -0.503. The number of urea groups is 1. The van der Waals surface area contributed by atoms with Crippen LogP contribution in [0.3, 0.4) is 0 Å². The van der Waals surface area contributed by atoms with Crippen molar-refractivity contribution in [3.05, 3.63) is 29.3 Å². The molecule has 1 rings (SSSR count). The van der Waals surface area contributed by atoms with Gasteiger partial charge in [-0.3, -0.25) is 5.32 Å². The molecule has 0 saturated carbocycles. The van der Waals surface area contributed by atoms with Gasteiger partial charge in [-0.05, 0) is 19.1 Å². The first-order valence-corrected chi connectivity index (χ1v) is 4.78. The number of benzene rings is 1. The molecular weight excluding hydrogens is 249 g/mol. The Bertz CT molecular complexity index is 496. The van der Waals surface area contributed by atoms with Crippen molar-refractivity contribution in [3.8, 4) is 0 Å². The van der Waals surface area contributed by atoms with Gasteiger partial charge in [0.2, 0.25) is 5.96 Å². The van der Waals surface area contributed by atoms with E-state index in [-0.39, 0.29) is 5.69 Å². The van der Waals surface area contributed by atoms with Crippen LogP contribution in [0, 0.1) is 6.92 Å². The highest BCUT2D eigenvalue weighted by atomic mass is 19.4. The van der Waals surface area contributed by atoms with Crippen molar-refractivity contribution in [1.82, 2.24) is 5.32 Å². The Morgan fingerprint density at radius 3 is 2.44 bits per heavy atom. The van der Waals surface area contributed by atoms with Crippen LogP contribution in [0.25, 0.3) is 0 Å². The summed E-state index contributed by atoms with van der Waals surface area (Å²) in [6, 6.07) is 2.55. The van der Waals surface area contributed by atoms with Crippen LogP contribution in [0.5, 0.6) is 0 Å². The smallest absolute Gasteiger partial charge is 0.369 e. The largest absolute Gasteiger partial charge is 0.418 e. The van der Waals surface area contributed by atoms with E-state index in [0.717, 1.165) is 12.1 Å². The van der Waals surface area contributed by atoms with Crippen LogP contribution in [0.15, 0.2) is 23.2 Å². The van der Waals surface area contributed by atoms with Gasteiger partial charge in [-0.15, -0.1) is 0 Å². The van der Waals surface area contributed by atoms with E-state index in [1.165, 1.54) is 13.0 Å². The molecule has 2 amide bonds. The zero-order valence-electron chi connectivity index (χ0n) is 9.38. The molecule has 0 unspecified atom stereocenters. The molecule has 0 fully saturated rings. The first kappa shape index (κ1) is 13.8. The van der Waals surface area contributed by atoms with Gasteiger partial charge in [0.25, 0.3) is 0 Å². The van der Waals surface area contributed by atoms with Crippen molar-refractivity contribution in [2.24, 2.45) is 16.5 Å². The third-order valence-corrected chi connectivity index (χ3v) is 1.95. The number of amides is 2. The third-order valence-electron chi connectivity index (χ3n) is 1.95. The zero-order chi connectivity index (χ0) is 13.9. The number of alkyl halides is 3. The first-order chi connectivity index (χ1) is 8.20. The number of primary amides is 1. The Morgan fingerprint density at radius 1 is 1.33 bits per heavy atom. The number of rotatable bonds is 1. The molecule has 0 radical (unpaired) electrons. The number of aryl methyl sites for hydroxylation is 1. The van der Waals surface area contributed by atoms with Crippen molar-refractivity contribution < 1.29 is 18.0 Å². The number of carbonyl (C=O) groups is 1. The Labute approximate surface area is 101 Å². The lowest BCUT2D eigenvalue weighted by atomic mass is 10.1. The van der Waals surface area contributed by atoms with Crippen LogP contribution >= 0.6 is 0 Å². The minimum atomic E-state index is -4.56. The fraction of sp³-hybridized carbons (Fsp3) is 0.200. The minimum absolute atomic E-state index is 0.389. The van der Waals surface area contributed by atoms with Gasteiger partial charge in [0.05, 0.1) is 11.3 Å². The fourth-order valence-corrected chi connectivity index (χ4v) is 1.26. The van der Waals surface area contributed by atoms with E-state index in [2.05, 4.69) is 4.99 Å². The summed E-state index contributed by atoms with van der Waals surface area (Å²) < 4.78 is 38.2. The standard InChI is InChI=1S/C10H11F3N4O/c1-5-2-3-7(6(4-5)10(11,12)13)16-8(14)17-9(15)18/h2-4H,1H3,(H5,14,15,16,17,18). The van der Waals surface area contributed by atoms with Crippen molar-refractivity contribution in [3.63, 3.8) is 0 Å². The van der Waals surface area contributed by atoms with Crippen LogP contribution in [0.2, 0.25) is 0 Å². The number of hydrogen-bond acceptors (Lipinski definition) is 2. The van der Waals surface area contributed by atoms with E-state index in [0.29, 0.717) is 5.56 Å². The lowest BCUT2D eigenvalue weighted by Crippen LogP contribution is -2.40. The number of hydrogen-bond donors (Lipinski definition) is 3. The molecule has 8 heteroatoms. The zero-order valence-corrected chi connectivity index (χ0v) is 9.38. The monoisotopic (exact) mass is 260 g/mol. The second-order valence-corrected chi connectivity index (χ2v) is 3.50. The lowest BCUT2D eigenvalue weighted by Gasteiger charge is -2.11. The Kier molecular flexibility index (Phi) is 3.79. The summed E-state index contributed by atoms with van der Waals surface area (Å²) in [5.41, 5.74) is 9.10. The van der Waals surface area contributed by atoms with E-state index >= 15 is 0 Å². The predicted molar refractivity (Wildman–Crippen MR) is 60.2 cm³/mol. The summed E-state index contributed by atoms with van der Waals surface area (Å²) in [6.45, 7) is 1.52. The van der Waals surface area contributed by atoms with Crippen molar-refractivity contribution in [2.45, 2.75) is 13.1 Å². The van der Waals surface area contributed by atoms with Gasteiger partial charge in [-0.2, -0.15) is 13.2 Å². The summed E-state index contributed by atoms with van der Waals surface area (Å²) >= 11 is 0. The molecule has 0 aliphatic heterocycles.